The van der Waals surface area contributed by atoms with E-state index in [2.05, 4.69) is 4.90 Å². The van der Waals surface area contributed by atoms with Crippen molar-refractivity contribution in [2.45, 2.75) is 50.4 Å². The summed E-state index contributed by atoms with van der Waals surface area (Å²) in [7, 11) is 0. The minimum absolute atomic E-state index is 0.134. The summed E-state index contributed by atoms with van der Waals surface area (Å²) >= 11 is 6.72. The van der Waals surface area contributed by atoms with Gasteiger partial charge < -0.3 is 29.5 Å². The Hall–Kier alpha value is -1.71. The first-order valence-electron chi connectivity index (χ1n) is 11.4. The third kappa shape index (κ3) is 5.20. The van der Waals surface area contributed by atoms with Gasteiger partial charge in [0.05, 0.1) is 32.0 Å². The van der Waals surface area contributed by atoms with E-state index in [0.29, 0.717) is 30.4 Å². The number of benzene rings is 2. The number of halogens is 1. The van der Waals surface area contributed by atoms with Crippen LogP contribution in [0.2, 0.25) is 5.02 Å². The molecule has 7 nitrogen and oxygen atoms in total. The van der Waals surface area contributed by atoms with Crippen LogP contribution in [0.25, 0.3) is 0 Å². The molecule has 0 aromatic heterocycles. The average Bonchev–Trinajstić information content (AvgIpc) is 2.83. The molecule has 4 rings (SSSR count). The highest BCUT2D eigenvalue weighted by molar-refractivity contribution is 6.31. The largest absolute Gasteiger partial charge is 0.494 e. The zero-order valence-electron chi connectivity index (χ0n) is 18.9. The van der Waals surface area contributed by atoms with Gasteiger partial charge in [-0.15, -0.1) is 0 Å². The fourth-order valence-electron chi connectivity index (χ4n) is 4.61. The van der Waals surface area contributed by atoms with Crippen LogP contribution in [0.5, 0.6) is 5.75 Å². The molecule has 2 fully saturated rings. The van der Waals surface area contributed by atoms with E-state index < -0.39 is 30.5 Å². The number of hydrogen-bond acceptors (Lipinski definition) is 7. The molecule has 3 N–H and O–H groups in total. The summed E-state index contributed by atoms with van der Waals surface area (Å²) in [5, 5.41) is 31.6. The van der Waals surface area contributed by atoms with Crippen LogP contribution in [0.1, 0.15) is 42.7 Å². The molecular formula is C25H32ClNO6. The first kappa shape index (κ1) is 24.4. The SMILES string of the molecule is CCOc1ccc(C(c2cc([C@@H]3O[C@H](C)[C@@H](O)[C@H](O)[C@H]3O)ccc2Cl)N2CCOCC2)cc1. The molecule has 2 aromatic rings. The lowest BCUT2D eigenvalue weighted by molar-refractivity contribution is -0.219. The topological polar surface area (TPSA) is 91.6 Å². The molecule has 1 unspecified atom stereocenters. The first-order valence-corrected chi connectivity index (χ1v) is 11.8. The van der Waals surface area contributed by atoms with Gasteiger partial charge in [0.25, 0.3) is 0 Å². The number of nitrogens with zero attached hydrogens (tertiary/aromatic N) is 1. The van der Waals surface area contributed by atoms with Crippen LogP contribution in [0.15, 0.2) is 42.5 Å². The number of ether oxygens (including phenoxy) is 3. The summed E-state index contributed by atoms with van der Waals surface area (Å²) in [6.07, 6.45) is -5.08. The van der Waals surface area contributed by atoms with Crippen LogP contribution < -0.4 is 4.74 Å². The summed E-state index contributed by atoms with van der Waals surface area (Å²) < 4.78 is 17.1. The van der Waals surface area contributed by atoms with E-state index in [1.807, 2.05) is 37.3 Å². The second-order valence-corrected chi connectivity index (χ2v) is 8.97. The van der Waals surface area contributed by atoms with Gasteiger partial charge in [0, 0.05) is 18.1 Å². The Morgan fingerprint density at radius 3 is 2.39 bits per heavy atom. The molecule has 2 aromatic carbocycles. The Labute approximate surface area is 199 Å². The van der Waals surface area contributed by atoms with E-state index in [-0.39, 0.29) is 6.04 Å². The van der Waals surface area contributed by atoms with Gasteiger partial charge in [0.1, 0.15) is 30.2 Å². The molecule has 2 aliphatic heterocycles. The summed E-state index contributed by atoms with van der Waals surface area (Å²) in [5.74, 6) is 0.807. The molecule has 0 amide bonds. The van der Waals surface area contributed by atoms with Crippen LogP contribution in [0.3, 0.4) is 0 Å². The van der Waals surface area contributed by atoms with Crippen LogP contribution in [0, 0.1) is 0 Å². The van der Waals surface area contributed by atoms with Crippen molar-refractivity contribution in [1.82, 2.24) is 4.90 Å². The van der Waals surface area contributed by atoms with Gasteiger partial charge in [0.15, 0.2) is 0 Å². The molecule has 180 valence electrons. The van der Waals surface area contributed by atoms with Gasteiger partial charge in [-0.1, -0.05) is 29.8 Å². The summed E-state index contributed by atoms with van der Waals surface area (Å²) in [6, 6.07) is 13.4. The van der Waals surface area contributed by atoms with Crippen LogP contribution in [-0.4, -0.2) is 77.5 Å². The van der Waals surface area contributed by atoms with Crippen molar-refractivity contribution in [1.29, 1.82) is 0 Å². The number of aliphatic hydroxyl groups excluding tert-OH is 3. The monoisotopic (exact) mass is 477 g/mol. The molecule has 8 heteroatoms. The van der Waals surface area contributed by atoms with E-state index in [9.17, 15) is 15.3 Å². The predicted octanol–water partition coefficient (Wildman–Crippen LogP) is 2.70. The van der Waals surface area contributed by atoms with E-state index in [1.165, 1.54) is 0 Å². The molecule has 0 radical (unpaired) electrons. The van der Waals surface area contributed by atoms with E-state index in [0.717, 1.165) is 30.0 Å². The highest BCUT2D eigenvalue weighted by atomic mass is 35.5. The minimum Gasteiger partial charge on any atom is -0.494 e. The molecule has 0 bridgehead atoms. The molecule has 2 aliphatic rings. The van der Waals surface area contributed by atoms with Crippen molar-refractivity contribution in [3.63, 3.8) is 0 Å². The van der Waals surface area contributed by atoms with Gasteiger partial charge in [-0.3, -0.25) is 4.90 Å². The lowest BCUT2D eigenvalue weighted by Crippen LogP contribution is -2.53. The maximum Gasteiger partial charge on any atom is 0.119 e. The fourth-order valence-corrected chi connectivity index (χ4v) is 4.83. The van der Waals surface area contributed by atoms with Crippen molar-refractivity contribution >= 4 is 11.6 Å². The Balaban J connectivity index is 1.72. The van der Waals surface area contributed by atoms with Crippen LogP contribution in [0.4, 0.5) is 0 Å². The number of hydrogen-bond donors (Lipinski definition) is 3. The second kappa shape index (κ2) is 10.7. The zero-order valence-corrected chi connectivity index (χ0v) is 19.7. The molecule has 0 spiro atoms. The number of morpholine rings is 1. The fraction of sp³-hybridized carbons (Fsp3) is 0.520. The van der Waals surface area contributed by atoms with Crippen molar-refractivity contribution in [2.24, 2.45) is 0 Å². The molecule has 0 saturated carbocycles. The molecule has 2 heterocycles. The normalized spacial score (nSPS) is 29.6. The number of aliphatic hydroxyl groups is 3. The maximum atomic E-state index is 10.6. The Morgan fingerprint density at radius 2 is 1.73 bits per heavy atom. The average molecular weight is 478 g/mol. The standard InChI is InChI=1S/C25H32ClNO6/c1-3-32-18-7-4-16(5-8-18)21(27-10-12-31-13-11-27)19-14-17(6-9-20(19)26)25-24(30)23(29)22(28)15(2)33-25/h4-9,14-15,21-25,28-30H,3,10-13H2,1-2H3/t15-,21?,22-,23+,24-,25+/m1/s1. The number of rotatable bonds is 6. The Morgan fingerprint density at radius 1 is 1.03 bits per heavy atom. The molecule has 33 heavy (non-hydrogen) atoms. The lowest BCUT2D eigenvalue weighted by Gasteiger charge is -2.40. The maximum absolute atomic E-state index is 10.6. The highest BCUT2D eigenvalue weighted by Gasteiger charge is 2.42. The van der Waals surface area contributed by atoms with Crippen molar-refractivity contribution in [2.75, 3.05) is 32.9 Å². The van der Waals surface area contributed by atoms with Crippen molar-refractivity contribution in [3.05, 3.63) is 64.2 Å². The molecular weight excluding hydrogens is 446 g/mol. The summed E-state index contributed by atoms with van der Waals surface area (Å²) in [6.45, 7) is 7.01. The first-order chi connectivity index (χ1) is 15.9. The predicted molar refractivity (Wildman–Crippen MR) is 125 cm³/mol. The van der Waals surface area contributed by atoms with Gasteiger partial charge >= 0.3 is 0 Å². The zero-order chi connectivity index (χ0) is 23.5. The van der Waals surface area contributed by atoms with Gasteiger partial charge in [-0.2, -0.15) is 0 Å². The molecule has 2 saturated heterocycles. The van der Waals surface area contributed by atoms with Crippen molar-refractivity contribution in [3.8, 4) is 5.75 Å². The second-order valence-electron chi connectivity index (χ2n) is 8.57. The smallest absolute Gasteiger partial charge is 0.119 e. The molecule has 0 aliphatic carbocycles. The highest BCUT2D eigenvalue weighted by Crippen LogP contribution is 2.39. The third-order valence-electron chi connectivity index (χ3n) is 6.41. The van der Waals surface area contributed by atoms with Gasteiger partial charge in [0.2, 0.25) is 0 Å². The van der Waals surface area contributed by atoms with Crippen LogP contribution in [-0.2, 0) is 9.47 Å². The molecule has 6 atom stereocenters. The van der Waals surface area contributed by atoms with Crippen molar-refractivity contribution < 1.29 is 29.5 Å². The summed E-state index contributed by atoms with van der Waals surface area (Å²) in [5.41, 5.74) is 2.64. The Kier molecular flexibility index (Phi) is 7.91. The summed E-state index contributed by atoms with van der Waals surface area (Å²) in [4.78, 5) is 2.32. The van der Waals surface area contributed by atoms with E-state index in [4.69, 9.17) is 25.8 Å². The van der Waals surface area contributed by atoms with Gasteiger partial charge in [-0.05, 0) is 54.8 Å². The van der Waals surface area contributed by atoms with Gasteiger partial charge in [-0.25, -0.2) is 0 Å². The van der Waals surface area contributed by atoms with E-state index in [1.54, 1.807) is 19.1 Å². The quantitative estimate of drug-likeness (QED) is 0.589. The van der Waals surface area contributed by atoms with Crippen LogP contribution >= 0.6 is 11.6 Å². The third-order valence-corrected chi connectivity index (χ3v) is 6.76. The minimum atomic E-state index is -1.29. The lowest BCUT2D eigenvalue weighted by atomic mass is 9.89. The Bertz CT molecular complexity index is 920. The van der Waals surface area contributed by atoms with E-state index >= 15 is 0 Å².